The topological polar surface area (TPSA) is 136 Å². The molecule has 3 N–H and O–H groups in total. The zero-order chi connectivity index (χ0) is 24.1. The first-order valence-corrected chi connectivity index (χ1v) is 11.2. The lowest BCUT2D eigenvalue weighted by Crippen LogP contribution is -2.41. The molecule has 9 nitrogen and oxygen atoms in total. The Hall–Kier alpha value is -4.06. The Morgan fingerprint density at radius 2 is 2.03 bits per heavy atom. The lowest BCUT2D eigenvalue weighted by molar-refractivity contribution is -0.139. The fourth-order valence-electron chi connectivity index (χ4n) is 4.54. The Labute approximate surface area is 197 Å². The number of nitriles is 1. The summed E-state index contributed by atoms with van der Waals surface area (Å²) < 4.78 is 11.8. The normalized spacial score (nSPS) is 19.8. The number of carbonyl (C=O) groups excluding carboxylic acids is 2. The molecule has 0 aliphatic heterocycles. The minimum absolute atomic E-state index is 0.150. The van der Waals surface area contributed by atoms with Crippen LogP contribution in [0.4, 0.5) is 5.69 Å². The number of esters is 1. The Kier molecular flexibility index (Phi) is 6.68. The van der Waals surface area contributed by atoms with E-state index in [-0.39, 0.29) is 30.1 Å². The molecule has 1 fully saturated rings. The molecule has 0 radical (unpaired) electrons. The predicted molar refractivity (Wildman–Crippen MR) is 125 cm³/mol. The third-order valence-corrected chi connectivity index (χ3v) is 6.47. The second-order valence-electron chi connectivity index (χ2n) is 8.58. The number of anilines is 1. The van der Waals surface area contributed by atoms with Crippen LogP contribution in [-0.2, 0) is 21.5 Å². The summed E-state index contributed by atoms with van der Waals surface area (Å²) in [5.41, 5.74) is 7.44. The molecule has 0 saturated heterocycles. The van der Waals surface area contributed by atoms with Gasteiger partial charge in [-0.05, 0) is 62.1 Å². The van der Waals surface area contributed by atoms with Crippen LogP contribution < -0.4 is 11.1 Å². The van der Waals surface area contributed by atoms with E-state index >= 15 is 0 Å². The van der Waals surface area contributed by atoms with Crippen LogP contribution in [0.3, 0.4) is 0 Å². The molecule has 3 aromatic rings. The predicted octanol–water partition coefficient (Wildman–Crippen LogP) is 3.62. The number of aromatic nitrogens is 2. The number of ether oxygens (including phenoxy) is 1. The maximum atomic E-state index is 11.9. The van der Waals surface area contributed by atoms with Crippen molar-refractivity contribution in [2.45, 2.75) is 50.1 Å². The Morgan fingerprint density at radius 3 is 2.62 bits per heavy atom. The molecule has 1 aromatic carbocycles. The summed E-state index contributed by atoms with van der Waals surface area (Å²) in [4.78, 5) is 23.7. The Bertz CT molecular complexity index is 1180. The smallest absolute Gasteiger partial charge is 0.311 e. The van der Waals surface area contributed by atoms with Crippen molar-refractivity contribution in [3.63, 3.8) is 0 Å². The third kappa shape index (κ3) is 4.81. The van der Waals surface area contributed by atoms with E-state index in [0.29, 0.717) is 12.8 Å². The fourth-order valence-corrected chi connectivity index (χ4v) is 4.54. The number of primary amides is 1. The minimum atomic E-state index is -0.661. The highest BCUT2D eigenvalue weighted by atomic mass is 16.5. The van der Waals surface area contributed by atoms with Crippen molar-refractivity contribution >= 4 is 17.6 Å². The monoisotopic (exact) mass is 461 g/mol. The molecule has 176 valence electrons. The average molecular weight is 462 g/mol. The first-order valence-electron chi connectivity index (χ1n) is 11.2. The molecule has 0 bridgehead atoms. The van der Waals surface area contributed by atoms with Gasteiger partial charge in [0, 0.05) is 23.5 Å². The number of nitrogens with two attached hydrogens (primary N) is 1. The summed E-state index contributed by atoms with van der Waals surface area (Å²) in [6.45, 7) is 0. The number of rotatable bonds is 8. The van der Waals surface area contributed by atoms with Crippen LogP contribution in [0.25, 0.3) is 11.3 Å². The van der Waals surface area contributed by atoms with Crippen molar-refractivity contribution in [2.24, 2.45) is 5.73 Å². The van der Waals surface area contributed by atoms with E-state index in [1.54, 1.807) is 17.1 Å². The van der Waals surface area contributed by atoms with Gasteiger partial charge in [-0.1, -0.05) is 0 Å². The number of methoxy groups -OCH3 is 1. The van der Waals surface area contributed by atoms with Gasteiger partial charge >= 0.3 is 5.97 Å². The Morgan fingerprint density at radius 1 is 1.29 bits per heavy atom. The third-order valence-electron chi connectivity index (χ3n) is 6.47. The number of hydrogen-bond donors (Lipinski definition) is 2. The second kappa shape index (κ2) is 9.83. The van der Waals surface area contributed by atoms with E-state index in [4.69, 9.17) is 14.9 Å². The van der Waals surface area contributed by atoms with Crippen molar-refractivity contribution in [1.82, 2.24) is 9.78 Å². The van der Waals surface area contributed by atoms with Gasteiger partial charge in [0.2, 0.25) is 0 Å². The molecule has 0 atom stereocenters. The highest BCUT2D eigenvalue weighted by Crippen LogP contribution is 2.39. The van der Waals surface area contributed by atoms with Gasteiger partial charge in [-0.15, -0.1) is 0 Å². The maximum absolute atomic E-state index is 11.9. The Balaban J connectivity index is 1.47. The zero-order valence-electron chi connectivity index (χ0n) is 19.0. The number of nitrogens with zero attached hydrogens (tertiary/aromatic N) is 3. The first-order chi connectivity index (χ1) is 16.4. The van der Waals surface area contributed by atoms with Crippen LogP contribution in [0, 0.1) is 11.3 Å². The summed E-state index contributed by atoms with van der Waals surface area (Å²) in [7, 11) is 1.28. The molecular formula is C25H27N5O4. The van der Waals surface area contributed by atoms with Gasteiger partial charge in [0.25, 0.3) is 5.91 Å². The van der Waals surface area contributed by atoms with Crippen LogP contribution in [-0.4, -0.2) is 34.8 Å². The molecule has 0 unspecified atom stereocenters. The van der Waals surface area contributed by atoms with Crippen LogP contribution in [0.5, 0.6) is 0 Å². The van der Waals surface area contributed by atoms with Crippen molar-refractivity contribution in [1.29, 1.82) is 5.26 Å². The molecule has 1 saturated carbocycles. The quantitative estimate of drug-likeness (QED) is 0.489. The van der Waals surface area contributed by atoms with Gasteiger partial charge in [0.1, 0.15) is 5.76 Å². The molecule has 2 aromatic heterocycles. The van der Waals surface area contributed by atoms with E-state index in [2.05, 4.69) is 16.5 Å². The number of hydrogen-bond acceptors (Lipinski definition) is 7. The molecule has 34 heavy (non-hydrogen) atoms. The molecular weight excluding hydrogens is 434 g/mol. The average Bonchev–Trinajstić information content (AvgIpc) is 3.52. The van der Waals surface area contributed by atoms with E-state index in [1.807, 2.05) is 36.4 Å². The standard InChI is InChI=1S/C25H27N5O4/c1-33-23(31)15-21-20(24(27)32)16-30(29-21)25(12-13-26)10-8-19(9-11-25)28-18-6-4-17(5-7-18)22-3-2-14-34-22/h2-7,14,16,19,28H,8-12,15H2,1H3,(H2,27,32). The summed E-state index contributed by atoms with van der Waals surface area (Å²) in [5, 5.41) is 17.6. The van der Waals surface area contributed by atoms with Gasteiger partial charge in [-0.25, -0.2) is 0 Å². The molecule has 2 heterocycles. The second-order valence-corrected chi connectivity index (χ2v) is 8.58. The molecule has 1 aliphatic rings. The summed E-state index contributed by atoms with van der Waals surface area (Å²) in [6, 6.07) is 14.4. The van der Waals surface area contributed by atoms with E-state index < -0.39 is 17.4 Å². The van der Waals surface area contributed by atoms with Gasteiger partial charge in [0.05, 0.1) is 49.1 Å². The molecule has 9 heteroatoms. The largest absolute Gasteiger partial charge is 0.469 e. The van der Waals surface area contributed by atoms with Gasteiger partial charge in [0.15, 0.2) is 0 Å². The number of nitrogens with one attached hydrogen (secondary N) is 1. The van der Waals surface area contributed by atoms with Crippen molar-refractivity contribution in [2.75, 3.05) is 12.4 Å². The number of amides is 1. The van der Waals surface area contributed by atoms with Crippen LogP contribution in [0.1, 0.15) is 48.2 Å². The van der Waals surface area contributed by atoms with Crippen LogP contribution in [0.2, 0.25) is 0 Å². The van der Waals surface area contributed by atoms with Crippen molar-refractivity contribution < 1.29 is 18.7 Å². The highest BCUT2D eigenvalue weighted by molar-refractivity contribution is 5.94. The summed E-state index contributed by atoms with van der Waals surface area (Å²) >= 11 is 0. The van der Waals surface area contributed by atoms with Gasteiger partial charge < -0.3 is 20.2 Å². The maximum Gasteiger partial charge on any atom is 0.311 e. The summed E-state index contributed by atoms with van der Waals surface area (Å²) in [5.74, 6) is -0.342. The summed E-state index contributed by atoms with van der Waals surface area (Å²) in [6.07, 6.45) is 6.35. The van der Waals surface area contributed by atoms with Gasteiger partial charge in [-0.3, -0.25) is 14.3 Å². The first kappa shape index (κ1) is 23.1. The van der Waals surface area contributed by atoms with E-state index in [1.165, 1.54) is 7.11 Å². The van der Waals surface area contributed by atoms with Crippen LogP contribution in [0.15, 0.2) is 53.3 Å². The lowest BCUT2D eigenvalue weighted by Gasteiger charge is -2.39. The highest BCUT2D eigenvalue weighted by Gasteiger charge is 2.39. The van der Waals surface area contributed by atoms with Crippen LogP contribution >= 0.6 is 0 Å². The number of carbonyl (C=O) groups is 2. The van der Waals surface area contributed by atoms with E-state index in [0.717, 1.165) is 29.9 Å². The van der Waals surface area contributed by atoms with Crippen molar-refractivity contribution in [3.8, 4) is 17.4 Å². The van der Waals surface area contributed by atoms with Crippen molar-refractivity contribution in [3.05, 3.63) is 60.1 Å². The number of furan rings is 1. The molecule has 1 amide bonds. The lowest BCUT2D eigenvalue weighted by atomic mass is 9.77. The number of benzene rings is 1. The molecule has 0 spiro atoms. The van der Waals surface area contributed by atoms with Gasteiger partial charge in [-0.2, -0.15) is 10.4 Å². The fraction of sp³-hybridized carbons (Fsp3) is 0.360. The molecule has 4 rings (SSSR count). The minimum Gasteiger partial charge on any atom is -0.469 e. The SMILES string of the molecule is COC(=O)Cc1nn(C2(CC#N)CCC(Nc3ccc(-c4ccco4)cc3)CC2)cc1C(N)=O. The zero-order valence-corrected chi connectivity index (χ0v) is 19.0. The van der Waals surface area contributed by atoms with E-state index in [9.17, 15) is 14.9 Å². The molecule has 1 aliphatic carbocycles.